The van der Waals surface area contributed by atoms with Gasteiger partial charge >= 0.3 is 5.97 Å². The smallest absolute Gasteiger partial charge is 0.305 e. The van der Waals surface area contributed by atoms with E-state index in [9.17, 15) is 19.8 Å². The molecule has 448 valence electrons. The van der Waals surface area contributed by atoms with Crippen LogP contribution in [0.1, 0.15) is 373 Å². The molecule has 0 radical (unpaired) electrons. The Balaban J connectivity index is 3.39. The predicted molar refractivity (Wildman–Crippen MR) is 333 cm³/mol. The van der Waals surface area contributed by atoms with Gasteiger partial charge in [-0.3, -0.25) is 9.59 Å². The summed E-state index contributed by atoms with van der Waals surface area (Å²) in [4.78, 5) is 24.5. The molecule has 3 N–H and O–H groups in total. The SMILES string of the molecule is CCCCCCCCCCCCCC/C=C/C(O)C(CO)NC(=O)CCCCCCCCCCCCCCCCCCC/C=C\C/C=C\CCCCCCCCCCCOC(=O)CCCCCCCCCCCCCC. The van der Waals surface area contributed by atoms with E-state index in [0.717, 1.165) is 44.9 Å². The van der Waals surface area contributed by atoms with E-state index in [4.69, 9.17) is 4.74 Å². The molecule has 0 aromatic carbocycles. The van der Waals surface area contributed by atoms with Crippen LogP contribution in [0.5, 0.6) is 0 Å². The Hall–Kier alpha value is -1.92. The Labute approximate surface area is 474 Å². The van der Waals surface area contributed by atoms with E-state index in [1.807, 2.05) is 6.08 Å². The number of carbonyl (C=O) groups is 2. The normalized spacial score (nSPS) is 12.7. The zero-order valence-corrected chi connectivity index (χ0v) is 51.3. The average Bonchev–Trinajstić information content (AvgIpc) is 3.42. The Kier molecular flexibility index (Phi) is 63.9. The van der Waals surface area contributed by atoms with E-state index < -0.39 is 12.1 Å². The van der Waals surface area contributed by atoms with Crippen LogP contribution < -0.4 is 5.32 Å². The van der Waals surface area contributed by atoms with E-state index >= 15 is 0 Å². The summed E-state index contributed by atoms with van der Waals surface area (Å²) in [7, 11) is 0. The van der Waals surface area contributed by atoms with Crippen LogP contribution in [-0.2, 0) is 14.3 Å². The molecular formula is C70H133NO5. The van der Waals surface area contributed by atoms with Crippen LogP contribution in [0.2, 0.25) is 0 Å². The summed E-state index contributed by atoms with van der Waals surface area (Å²) in [6.07, 6.45) is 83.7. The van der Waals surface area contributed by atoms with Crippen molar-refractivity contribution in [1.82, 2.24) is 5.32 Å². The number of aliphatic hydroxyl groups excluding tert-OH is 2. The second-order valence-corrected chi connectivity index (χ2v) is 23.5. The summed E-state index contributed by atoms with van der Waals surface area (Å²) in [6.45, 7) is 4.92. The zero-order valence-electron chi connectivity index (χ0n) is 51.3. The first-order chi connectivity index (χ1) is 37.5. The molecule has 6 nitrogen and oxygen atoms in total. The van der Waals surface area contributed by atoms with Crippen LogP contribution in [0.15, 0.2) is 36.5 Å². The number of allylic oxidation sites excluding steroid dienone is 5. The van der Waals surface area contributed by atoms with Crippen LogP contribution in [-0.4, -0.2) is 47.4 Å². The number of hydrogen-bond acceptors (Lipinski definition) is 5. The number of ether oxygens (including phenoxy) is 1. The standard InChI is InChI=1S/C70H133NO5/c1-3-5-7-9-11-13-15-17-39-42-46-50-54-58-62-68(73)67(66-72)71-69(74)63-59-55-51-47-43-40-37-35-33-31-29-27-25-23-21-19-18-20-22-24-26-28-30-32-34-36-38-41-45-49-53-57-61-65-76-70(75)64-60-56-52-48-44-16-14-12-10-8-6-4-2/h22,24,28,30,58,62,67-68,72-73H,3-21,23,25-27,29,31-57,59-61,63-66H2,1-2H3,(H,71,74)/b24-22-,30-28-,62-58+. The van der Waals surface area contributed by atoms with Gasteiger partial charge in [-0.1, -0.05) is 333 Å². The Morgan fingerprint density at radius 3 is 1.00 bits per heavy atom. The highest BCUT2D eigenvalue weighted by Gasteiger charge is 2.18. The second kappa shape index (κ2) is 65.6. The fourth-order valence-corrected chi connectivity index (χ4v) is 10.7. The number of carbonyl (C=O) groups excluding carboxylic acids is 2. The van der Waals surface area contributed by atoms with E-state index in [2.05, 4.69) is 43.5 Å². The molecule has 0 spiro atoms. The van der Waals surface area contributed by atoms with Gasteiger partial charge in [-0.15, -0.1) is 0 Å². The molecule has 0 aromatic heterocycles. The van der Waals surface area contributed by atoms with Crippen molar-refractivity contribution in [1.29, 1.82) is 0 Å². The monoisotopic (exact) mass is 1070 g/mol. The zero-order chi connectivity index (χ0) is 55.0. The predicted octanol–water partition coefficient (Wildman–Crippen LogP) is 21.9. The summed E-state index contributed by atoms with van der Waals surface area (Å²) < 4.78 is 5.48. The second-order valence-electron chi connectivity index (χ2n) is 23.5. The number of hydrogen-bond donors (Lipinski definition) is 3. The molecule has 2 atom stereocenters. The van der Waals surface area contributed by atoms with Crippen LogP contribution in [0.3, 0.4) is 0 Å². The molecule has 0 fully saturated rings. The first kappa shape index (κ1) is 74.1. The van der Waals surface area contributed by atoms with Gasteiger partial charge in [0.05, 0.1) is 25.4 Å². The minimum absolute atomic E-state index is 0.0148. The van der Waals surface area contributed by atoms with Gasteiger partial charge in [0, 0.05) is 12.8 Å². The molecule has 0 aromatic rings. The highest BCUT2D eigenvalue weighted by molar-refractivity contribution is 5.76. The lowest BCUT2D eigenvalue weighted by molar-refractivity contribution is -0.143. The van der Waals surface area contributed by atoms with Crippen molar-refractivity contribution in [3.05, 3.63) is 36.5 Å². The van der Waals surface area contributed by atoms with Gasteiger partial charge in [-0.2, -0.15) is 0 Å². The Morgan fingerprint density at radius 1 is 0.368 bits per heavy atom. The van der Waals surface area contributed by atoms with E-state index in [0.29, 0.717) is 19.4 Å². The van der Waals surface area contributed by atoms with E-state index in [1.54, 1.807) is 6.08 Å². The average molecular weight is 1070 g/mol. The molecule has 6 heteroatoms. The third-order valence-electron chi connectivity index (χ3n) is 15.9. The maximum atomic E-state index is 12.5. The van der Waals surface area contributed by atoms with Gasteiger partial charge in [-0.25, -0.2) is 0 Å². The lowest BCUT2D eigenvalue weighted by Gasteiger charge is -2.20. The third-order valence-corrected chi connectivity index (χ3v) is 15.9. The third kappa shape index (κ3) is 61.3. The molecule has 0 heterocycles. The lowest BCUT2D eigenvalue weighted by Crippen LogP contribution is -2.45. The largest absolute Gasteiger partial charge is 0.466 e. The Morgan fingerprint density at radius 2 is 0.658 bits per heavy atom. The van der Waals surface area contributed by atoms with Crippen molar-refractivity contribution < 1.29 is 24.5 Å². The molecule has 0 saturated heterocycles. The van der Waals surface area contributed by atoms with Crippen molar-refractivity contribution in [3.63, 3.8) is 0 Å². The van der Waals surface area contributed by atoms with Gasteiger partial charge in [0.15, 0.2) is 0 Å². The summed E-state index contributed by atoms with van der Waals surface area (Å²) in [5, 5.41) is 23.1. The molecule has 0 aliphatic rings. The lowest BCUT2D eigenvalue weighted by atomic mass is 10.0. The maximum Gasteiger partial charge on any atom is 0.305 e. The highest BCUT2D eigenvalue weighted by Crippen LogP contribution is 2.18. The number of nitrogens with one attached hydrogen (secondary N) is 1. The Bertz CT molecular complexity index is 1230. The minimum atomic E-state index is -0.843. The molecule has 1 amide bonds. The quantitative estimate of drug-likeness (QED) is 0.0320. The first-order valence-electron chi connectivity index (χ1n) is 34.3. The molecule has 76 heavy (non-hydrogen) atoms. The fourth-order valence-electron chi connectivity index (χ4n) is 10.7. The summed E-state index contributed by atoms with van der Waals surface area (Å²) in [5.74, 6) is -0.0498. The van der Waals surface area contributed by atoms with Crippen molar-refractivity contribution in [3.8, 4) is 0 Å². The van der Waals surface area contributed by atoms with Gasteiger partial charge in [0.1, 0.15) is 0 Å². The molecule has 2 unspecified atom stereocenters. The number of aliphatic hydroxyl groups is 2. The maximum absolute atomic E-state index is 12.5. The number of amides is 1. The molecule has 0 aliphatic carbocycles. The molecule has 0 rings (SSSR count). The number of esters is 1. The summed E-state index contributed by atoms with van der Waals surface area (Å²) >= 11 is 0. The fraction of sp³-hybridized carbons (Fsp3) is 0.886. The summed E-state index contributed by atoms with van der Waals surface area (Å²) in [5.41, 5.74) is 0. The van der Waals surface area contributed by atoms with Crippen molar-refractivity contribution in [2.24, 2.45) is 0 Å². The van der Waals surface area contributed by atoms with Gasteiger partial charge in [-0.05, 0) is 64.2 Å². The van der Waals surface area contributed by atoms with Crippen LogP contribution in [0.25, 0.3) is 0 Å². The molecule has 0 bridgehead atoms. The summed E-state index contributed by atoms with van der Waals surface area (Å²) in [6, 6.07) is -0.626. The van der Waals surface area contributed by atoms with Crippen LogP contribution in [0.4, 0.5) is 0 Å². The minimum Gasteiger partial charge on any atom is -0.466 e. The van der Waals surface area contributed by atoms with Gasteiger partial charge in [0.25, 0.3) is 0 Å². The van der Waals surface area contributed by atoms with Crippen LogP contribution >= 0.6 is 0 Å². The van der Waals surface area contributed by atoms with Crippen molar-refractivity contribution in [2.45, 2.75) is 386 Å². The number of unbranched alkanes of at least 4 members (excludes halogenated alkanes) is 49. The molecule has 0 saturated carbocycles. The highest BCUT2D eigenvalue weighted by atomic mass is 16.5. The van der Waals surface area contributed by atoms with E-state index in [-0.39, 0.29) is 18.5 Å². The van der Waals surface area contributed by atoms with Gasteiger partial charge < -0.3 is 20.3 Å². The van der Waals surface area contributed by atoms with Crippen LogP contribution in [0, 0.1) is 0 Å². The van der Waals surface area contributed by atoms with Gasteiger partial charge in [0.2, 0.25) is 5.91 Å². The van der Waals surface area contributed by atoms with E-state index in [1.165, 1.54) is 302 Å². The first-order valence-corrected chi connectivity index (χ1v) is 34.3. The molecule has 0 aliphatic heterocycles. The number of rotatable bonds is 64. The van der Waals surface area contributed by atoms with Crippen molar-refractivity contribution >= 4 is 11.9 Å². The topological polar surface area (TPSA) is 95.9 Å². The molecular weight excluding hydrogens is 935 g/mol. The van der Waals surface area contributed by atoms with Crippen molar-refractivity contribution in [2.75, 3.05) is 13.2 Å².